The van der Waals surface area contributed by atoms with E-state index < -0.39 is 11.4 Å². The molecule has 0 aromatic carbocycles. The van der Waals surface area contributed by atoms with Gasteiger partial charge in [-0.05, 0) is 20.8 Å². The van der Waals surface area contributed by atoms with E-state index >= 15 is 0 Å². The first kappa shape index (κ1) is 12.6. The molecule has 0 bridgehead atoms. The minimum absolute atomic E-state index is 0.0221. The van der Waals surface area contributed by atoms with Crippen molar-refractivity contribution in [3.63, 3.8) is 0 Å². The van der Waals surface area contributed by atoms with E-state index in [-0.39, 0.29) is 6.04 Å². The number of aliphatic carboxylic acids is 1. The van der Waals surface area contributed by atoms with Crippen molar-refractivity contribution in [2.45, 2.75) is 26.8 Å². The van der Waals surface area contributed by atoms with E-state index in [0.717, 1.165) is 5.82 Å². The molecule has 0 aliphatic rings. The van der Waals surface area contributed by atoms with E-state index in [4.69, 9.17) is 5.11 Å². The van der Waals surface area contributed by atoms with Crippen molar-refractivity contribution in [1.82, 2.24) is 20.1 Å². The number of aromatic nitrogens is 3. The third-order valence-corrected chi connectivity index (χ3v) is 2.56. The highest BCUT2D eigenvalue weighted by Crippen LogP contribution is 2.16. The average Bonchev–Trinajstić information content (AvgIpc) is 2.61. The number of nitrogens with one attached hydrogen (secondary N) is 1. The minimum atomic E-state index is -0.815. The van der Waals surface area contributed by atoms with Crippen molar-refractivity contribution >= 4 is 5.97 Å². The Kier molecular flexibility index (Phi) is 3.64. The maximum absolute atomic E-state index is 10.9. The molecule has 0 saturated heterocycles. The Morgan fingerprint density at radius 2 is 2.31 bits per heavy atom. The first-order valence-electron chi connectivity index (χ1n) is 5.15. The summed E-state index contributed by atoms with van der Waals surface area (Å²) in [5.74, 6) is -0.0219. The molecular formula is C10H18N4O2. The molecule has 0 spiro atoms. The molecular weight excluding hydrogens is 208 g/mol. The lowest BCUT2D eigenvalue weighted by Crippen LogP contribution is -2.37. The van der Waals surface area contributed by atoms with Crippen LogP contribution in [0, 0.1) is 5.41 Å². The van der Waals surface area contributed by atoms with Gasteiger partial charge in [0.15, 0.2) is 0 Å². The molecule has 0 amide bonds. The van der Waals surface area contributed by atoms with E-state index in [1.165, 1.54) is 0 Å². The summed E-state index contributed by atoms with van der Waals surface area (Å²) in [5.41, 5.74) is -0.785. The summed E-state index contributed by atoms with van der Waals surface area (Å²) in [6, 6.07) is -0.0221. The van der Waals surface area contributed by atoms with Crippen LogP contribution in [0.5, 0.6) is 0 Å². The number of aryl methyl sites for hydroxylation is 1. The smallest absolute Gasteiger partial charge is 0.310 e. The fraction of sp³-hybridized carbons (Fsp3) is 0.700. The Hall–Kier alpha value is -1.43. The van der Waals surface area contributed by atoms with E-state index in [1.807, 2.05) is 18.5 Å². The van der Waals surface area contributed by atoms with Crippen LogP contribution in [-0.4, -0.2) is 32.4 Å². The number of hydrogen-bond donors (Lipinski definition) is 2. The second kappa shape index (κ2) is 4.61. The van der Waals surface area contributed by atoms with Crippen LogP contribution in [0.4, 0.5) is 0 Å². The summed E-state index contributed by atoms with van der Waals surface area (Å²) in [5, 5.41) is 19.9. The van der Waals surface area contributed by atoms with Gasteiger partial charge < -0.3 is 15.0 Å². The second-order valence-corrected chi connectivity index (χ2v) is 4.59. The Balaban J connectivity index is 2.57. The highest BCUT2D eigenvalue weighted by molar-refractivity contribution is 5.73. The van der Waals surface area contributed by atoms with Gasteiger partial charge in [0, 0.05) is 13.6 Å². The van der Waals surface area contributed by atoms with E-state index in [2.05, 4.69) is 15.5 Å². The molecule has 1 heterocycles. The molecule has 6 heteroatoms. The zero-order valence-corrected chi connectivity index (χ0v) is 10.1. The number of nitrogens with zero attached hydrogens (tertiary/aromatic N) is 3. The lowest BCUT2D eigenvalue weighted by molar-refractivity contribution is -0.146. The number of carbonyl (C=O) groups is 1. The monoisotopic (exact) mass is 226 g/mol. The number of carboxylic acids is 1. The standard InChI is InChI=1S/C10H18N4O2/c1-7(8-13-12-6-14(8)4)11-5-10(2,3)9(15)16/h6-7,11H,5H2,1-4H3,(H,15,16). The number of hydrogen-bond acceptors (Lipinski definition) is 4. The lowest BCUT2D eigenvalue weighted by Gasteiger charge is -2.22. The van der Waals surface area contributed by atoms with E-state index in [1.54, 1.807) is 20.2 Å². The van der Waals surface area contributed by atoms with Crippen molar-refractivity contribution in [3.8, 4) is 0 Å². The summed E-state index contributed by atoms with van der Waals surface area (Å²) in [6.07, 6.45) is 1.62. The molecule has 1 aromatic heterocycles. The quantitative estimate of drug-likeness (QED) is 0.767. The van der Waals surface area contributed by atoms with Gasteiger partial charge in [-0.1, -0.05) is 0 Å². The van der Waals surface area contributed by atoms with Crippen LogP contribution in [0.25, 0.3) is 0 Å². The maximum Gasteiger partial charge on any atom is 0.310 e. The number of rotatable bonds is 5. The van der Waals surface area contributed by atoms with Gasteiger partial charge in [0.25, 0.3) is 0 Å². The third kappa shape index (κ3) is 2.79. The highest BCUT2D eigenvalue weighted by Gasteiger charge is 2.27. The Labute approximate surface area is 94.7 Å². The molecule has 1 rings (SSSR count). The summed E-state index contributed by atoms with van der Waals surface area (Å²) in [6.45, 7) is 5.69. The Morgan fingerprint density at radius 1 is 1.69 bits per heavy atom. The maximum atomic E-state index is 10.9. The van der Waals surface area contributed by atoms with Crippen LogP contribution < -0.4 is 5.32 Å². The zero-order valence-electron chi connectivity index (χ0n) is 10.1. The molecule has 2 N–H and O–H groups in total. The largest absolute Gasteiger partial charge is 0.481 e. The van der Waals surface area contributed by atoms with E-state index in [9.17, 15) is 4.79 Å². The van der Waals surface area contributed by atoms with Crippen molar-refractivity contribution in [3.05, 3.63) is 12.2 Å². The van der Waals surface area contributed by atoms with Crippen LogP contribution in [0.15, 0.2) is 6.33 Å². The fourth-order valence-corrected chi connectivity index (χ4v) is 1.26. The Morgan fingerprint density at radius 3 is 2.75 bits per heavy atom. The van der Waals surface area contributed by atoms with Gasteiger partial charge in [0.2, 0.25) is 0 Å². The second-order valence-electron chi connectivity index (χ2n) is 4.59. The van der Waals surface area contributed by atoms with Crippen LogP contribution in [-0.2, 0) is 11.8 Å². The van der Waals surface area contributed by atoms with Gasteiger partial charge >= 0.3 is 5.97 Å². The van der Waals surface area contributed by atoms with Crippen LogP contribution in [0.1, 0.15) is 32.6 Å². The van der Waals surface area contributed by atoms with E-state index in [0.29, 0.717) is 6.54 Å². The van der Waals surface area contributed by atoms with Crippen LogP contribution in [0.2, 0.25) is 0 Å². The lowest BCUT2D eigenvalue weighted by atomic mass is 9.93. The highest BCUT2D eigenvalue weighted by atomic mass is 16.4. The molecule has 16 heavy (non-hydrogen) atoms. The minimum Gasteiger partial charge on any atom is -0.481 e. The molecule has 0 aliphatic heterocycles. The summed E-state index contributed by atoms with van der Waals surface area (Å²) in [4.78, 5) is 10.9. The topological polar surface area (TPSA) is 80.0 Å². The molecule has 0 saturated carbocycles. The van der Waals surface area contributed by atoms with Gasteiger partial charge in [0.05, 0.1) is 11.5 Å². The molecule has 0 radical (unpaired) electrons. The SMILES string of the molecule is CC(NCC(C)(C)C(=O)O)c1nncn1C. The van der Waals surface area contributed by atoms with Crippen molar-refractivity contribution < 1.29 is 9.90 Å². The molecule has 0 aliphatic carbocycles. The predicted octanol–water partition coefficient (Wildman–Crippen LogP) is 0.576. The van der Waals surface area contributed by atoms with Crippen molar-refractivity contribution in [2.75, 3.05) is 6.54 Å². The predicted molar refractivity (Wildman–Crippen MR) is 58.8 cm³/mol. The molecule has 1 atom stereocenters. The average molecular weight is 226 g/mol. The van der Waals surface area contributed by atoms with Crippen molar-refractivity contribution in [2.24, 2.45) is 12.5 Å². The number of carboxylic acid groups (broad SMARTS) is 1. The van der Waals surface area contributed by atoms with Gasteiger partial charge in [-0.3, -0.25) is 4.79 Å². The normalized spacial score (nSPS) is 13.8. The fourth-order valence-electron chi connectivity index (χ4n) is 1.26. The molecule has 90 valence electrons. The first-order chi connectivity index (χ1) is 7.34. The Bertz CT molecular complexity index is 373. The molecule has 1 aromatic rings. The summed E-state index contributed by atoms with van der Waals surface area (Å²) >= 11 is 0. The molecule has 0 fully saturated rings. The first-order valence-corrected chi connectivity index (χ1v) is 5.15. The third-order valence-electron chi connectivity index (χ3n) is 2.56. The van der Waals surface area contributed by atoms with Gasteiger partial charge in [0.1, 0.15) is 12.2 Å². The summed E-state index contributed by atoms with van der Waals surface area (Å²) < 4.78 is 1.81. The summed E-state index contributed by atoms with van der Waals surface area (Å²) in [7, 11) is 1.86. The van der Waals surface area contributed by atoms with Crippen LogP contribution >= 0.6 is 0 Å². The van der Waals surface area contributed by atoms with Gasteiger partial charge in [-0.2, -0.15) is 0 Å². The molecule has 6 nitrogen and oxygen atoms in total. The van der Waals surface area contributed by atoms with Crippen LogP contribution in [0.3, 0.4) is 0 Å². The van der Waals surface area contributed by atoms with Gasteiger partial charge in [-0.25, -0.2) is 0 Å². The van der Waals surface area contributed by atoms with Gasteiger partial charge in [-0.15, -0.1) is 10.2 Å². The zero-order chi connectivity index (χ0) is 12.3. The molecule has 1 unspecified atom stereocenters. The van der Waals surface area contributed by atoms with Crippen molar-refractivity contribution in [1.29, 1.82) is 0 Å².